The average molecular weight is 458 g/mol. The maximum absolute atomic E-state index is 13.0. The second-order valence-corrected chi connectivity index (χ2v) is 8.90. The smallest absolute Gasteiger partial charge is 0.271 e. The van der Waals surface area contributed by atoms with E-state index in [0.29, 0.717) is 17.1 Å². The molecule has 2 aromatic carbocycles. The van der Waals surface area contributed by atoms with Gasteiger partial charge in [0.1, 0.15) is 16.7 Å². The highest BCUT2D eigenvalue weighted by atomic mass is 32.1. The van der Waals surface area contributed by atoms with E-state index in [4.69, 9.17) is 0 Å². The second-order valence-electron chi connectivity index (χ2n) is 8.05. The molecule has 2 N–H and O–H groups in total. The van der Waals surface area contributed by atoms with Crippen LogP contribution in [-0.2, 0) is 11.2 Å². The monoisotopic (exact) mass is 457 g/mol. The summed E-state index contributed by atoms with van der Waals surface area (Å²) in [5, 5.41) is 12.7. The molecular formula is C25H23N5O2S. The van der Waals surface area contributed by atoms with Crippen molar-refractivity contribution in [3.8, 4) is 16.3 Å². The first-order valence-corrected chi connectivity index (χ1v) is 11.7. The van der Waals surface area contributed by atoms with Gasteiger partial charge in [-0.2, -0.15) is 5.10 Å². The quantitative estimate of drug-likeness (QED) is 0.423. The van der Waals surface area contributed by atoms with Gasteiger partial charge in [-0.25, -0.2) is 9.67 Å². The molecule has 0 radical (unpaired) electrons. The highest BCUT2D eigenvalue weighted by molar-refractivity contribution is 7.13. The predicted octanol–water partition coefficient (Wildman–Crippen LogP) is 3.62. The molecule has 0 saturated heterocycles. The van der Waals surface area contributed by atoms with E-state index in [0.717, 1.165) is 29.7 Å². The van der Waals surface area contributed by atoms with Gasteiger partial charge in [0.15, 0.2) is 0 Å². The second kappa shape index (κ2) is 9.38. The van der Waals surface area contributed by atoms with E-state index in [1.54, 1.807) is 16.3 Å². The van der Waals surface area contributed by atoms with Crippen molar-refractivity contribution in [1.29, 1.82) is 0 Å². The molecule has 2 aromatic heterocycles. The highest BCUT2D eigenvalue weighted by Crippen LogP contribution is 2.24. The summed E-state index contributed by atoms with van der Waals surface area (Å²) in [6.45, 7) is 0. The Balaban J connectivity index is 1.30. The summed E-state index contributed by atoms with van der Waals surface area (Å²) >= 11 is 1.37. The lowest BCUT2D eigenvalue weighted by Crippen LogP contribution is -2.48. The van der Waals surface area contributed by atoms with Gasteiger partial charge in [0, 0.05) is 29.6 Å². The van der Waals surface area contributed by atoms with Gasteiger partial charge in [-0.1, -0.05) is 48.5 Å². The van der Waals surface area contributed by atoms with Crippen molar-refractivity contribution in [2.75, 3.05) is 0 Å². The molecule has 5 rings (SSSR count). The van der Waals surface area contributed by atoms with Crippen molar-refractivity contribution in [2.24, 2.45) is 0 Å². The van der Waals surface area contributed by atoms with E-state index < -0.39 is 6.04 Å². The molecule has 1 unspecified atom stereocenters. The molecule has 2 amide bonds. The Morgan fingerprint density at radius 3 is 2.52 bits per heavy atom. The highest BCUT2D eigenvalue weighted by Gasteiger charge is 2.29. The number of aromatic nitrogens is 3. The van der Waals surface area contributed by atoms with Crippen LogP contribution in [0, 0.1) is 0 Å². The van der Waals surface area contributed by atoms with Crippen LogP contribution in [-0.4, -0.2) is 38.7 Å². The van der Waals surface area contributed by atoms with Crippen molar-refractivity contribution in [1.82, 2.24) is 25.4 Å². The zero-order valence-corrected chi connectivity index (χ0v) is 18.7. The lowest BCUT2D eigenvalue weighted by Gasteiger charge is -2.18. The first-order valence-electron chi connectivity index (χ1n) is 10.9. The minimum atomic E-state index is -0.661. The van der Waals surface area contributed by atoms with E-state index in [1.165, 1.54) is 11.3 Å². The minimum absolute atomic E-state index is 0.158. The molecule has 4 aromatic rings. The molecule has 33 heavy (non-hydrogen) atoms. The molecule has 0 aliphatic heterocycles. The maximum Gasteiger partial charge on any atom is 0.271 e. The van der Waals surface area contributed by atoms with Gasteiger partial charge in [0.05, 0.1) is 11.9 Å². The molecule has 0 spiro atoms. The maximum atomic E-state index is 13.0. The SMILES string of the molecule is O=C(NC(Cc1ccccc1)C(=O)NC1CC1)c1csc(-c2cnn(-c3ccccc3)c2)n1. The first-order chi connectivity index (χ1) is 16.2. The van der Waals surface area contributed by atoms with Crippen LogP contribution < -0.4 is 10.6 Å². The minimum Gasteiger partial charge on any atom is -0.352 e. The summed E-state index contributed by atoms with van der Waals surface area (Å²) in [6.07, 6.45) is 6.02. The lowest BCUT2D eigenvalue weighted by molar-refractivity contribution is -0.123. The lowest BCUT2D eigenvalue weighted by atomic mass is 10.0. The molecule has 1 atom stereocenters. The van der Waals surface area contributed by atoms with Crippen molar-refractivity contribution < 1.29 is 9.59 Å². The van der Waals surface area contributed by atoms with Crippen LogP contribution in [0.1, 0.15) is 28.9 Å². The summed E-state index contributed by atoms with van der Waals surface area (Å²) in [5.74, 6) is -0.519. The Kier molecular flexibility index (Phi) is 5.99. The fraction of sp³-hybridized carbons (Fsp3) is 0.200. The van der Waals surface area contributed by atoms with E-state index in [2.05, 4.69) is 20.7 Å². The van der Waals surface area contributed by atoms with Gasteiger partial charge < -0.3 is 10.6 Å². The number of rotatable bonds is 8. The summed E-state index contributed by atoms with van der Waals surface area (Å²) in [7, 11) is 0. The topological polar surface area (TPSA) is 88.9 Å². The Hall–Kier alpha value is -3.78. The molecule has 1 aliphatic carbocycles. The number of nitrogens with one attached hydrogen (secondary N) is 2. The van der Waals surface area contributed by atoms with E-state index in [-0.39, 0.29) is 17.9 Å². The average Bonchev–Trinajstić information content (AvgIpc) is 3.31. The zero-order chi connectivity index (χ0) is 22.6. The van der Waals surface area contributed by atoms with Crippen LogP contribution in [0.5, 0.6) is 0 Å². The van der Waals surface area contributed by atoms with Gasteiger partial charge in [0.25, 0.3) is 5.91 Å². The van der Waals surface area contributed by atoms with Gasteiger partial charge in [-0.15, -0.1) is 11.3 Å². The molecule has 1 saturated carbocycles. The van der Waals surface area contributed by atoms with Crippen LogP contribution in [0.2, 0.25) is 0 Å². The number of para-hydroxylation sites is 1. The van der Waals surface area contributed by atoms with Gasteiger partial charge in [0.2, 0.25) is 5.91 Å². The van der Waals surface area contributed by atoms with Crippen LogP contribution in [0.15, 0.2) is 78.4 Å². The Labute approximate surface area is 195 Å². The van der Waals surface area contributed by atoms with Crippen molar-refractivity contribution >= 4 is 23.2 Å². The summed E-state index contributed by atoms with van der Waals surface area (Å²) in [6, 6.07) is 19.0. The molecule has 166 valence electrons. The molecule has 8 heteroatoms. The molecule has 7 nitrogen and oxygen atoms in total. The normalized spacial score (nSPS) is 13.9. The van der Waals surface area contributed by atoms with Gasteiger partial charge in [-0.05, 0) is 30.5 Å². The van der Waals surface area contributed by atoms with E-state index >= 15 is 0 Å². The third-order valence-corrected chi connectivity index (χ3v) is 6.31. The van der Waals surface area contributed by atoms with Gasteiger partial charge >= 0.3 is 0 Å². The zero-order valence-electron chi connectivity index (χ0n) is 17.8. The molecular weight excluding hydrogens is 434 g/mol. The Morgan fingerprint density at radius 1 is 1.06 bits per heavy atom. The van der Waals surface area contributed by atoms with Crippen LogP contribution in [0.4, 0.5) is 0 Å². The third kappa shape index (κ3) is 5.18. The number of amides is 2. The molecule has 1 aliphatic rings. The van der Waals surface area contributed by atoms with Crippen molar-refractivity contribution in [3.63, 3.8) is 0 Å². The number of benzene rings is 2. The number of carbonyl (C=O) groups is 2. The third-order valence-electron chi connectivity index (χ3n) is 5.42. The Morgan fingerprint density at radius 2 is 1.79 bits per heavy atom. The summed E-state index contributed by atoms with van der Waals surface area (Å²) in [5.41, 5.74) is 3.06. The fourth-order valence-electron chi connectivity index (χ4n) is 3.49. The fourth-order valence-corrected chi connectivity index (χ4v) is 4.26. The summed E-state index contributed by atoms with van der Waals surface area (Å²) in [4.78, 5) is 30.2. The first kappa shape index (κ1) is 21.1. The predicted molar refractivity (Wildman–Crippen MR) is 127 cm³/mol. The van der Waals surface area contributed by atoms with Crippen LogP contribution in [0.3, 0.4) is 0 Å². The van der Waals surface area contributed by atoms with Crippen LogP contribution in [0.25, 0.3) is 16.3 Å². The number of hydrogen-bond donors (Lipinski definition) is 2. The van der Waals surface area contributed by atoms with E-state index in [9.17, 15) is 9.59 Å². The standard InChI is InChI=1S/C25H23N5O2S/c31-23(27-19-11-12-19)21(13-17-7-3-1-4-8-17)28-24(32)22-16-33-25(29-22)18-14-26-30(15-18)20-9-5-2-6-10-20/h1-10,14-16,19,21H,11-13H2,(H,27,31)(H,28,32). The van der Waals surface area contributed by atoms with Crippen molar-refractivity contribution in [2.45, 2.75) is 31.3 Å². The van der Waals surface area contributed by atoms with Gasteiger partial charge in [-0.3, -0.25) is 9.59 Å². The number of thiazole rings is 1. The molecule has 2 heterocycles. The number of carbonyl (C=O) groups excluding carboxylic acids is 2. The van der Waals surface area contributed by atoms with E-state index in [1.807, 2.05) is 66.9 Å². The number of nitrogens with zero attached hydrogens (tertiary/aromatic N) is 3. The van der Waals surface area contributed by atoms with Crippen molar-refractivity contribution in [3.05, 3.63) is 89.7 Å². The van der Waals surface area contributed by atoms with Crippen LogP contribution >= 0.6 is 11.3 Å². The Bertz CT molecular complexity index is 1250. The largest absolute Gasteiger partial charge is 0.352 e. The molecule has 0 bridgehead atoms. The molecule has 1 fully saturated rings. The summed E-state index contributed by atoms with van der Waals surface area (Å²) < 4.78 is 1.77. The number of hydrogen-bond acceptors (Lipinski definition) is 5.